The fourth-order valence-corrected chi connectivity index (χ4v) is 5.36. The van der Waals surface area contributed by atoms with Crippen LogP contribution in [0.5, 0.6) is 0 Å². The van der Waals surface area contributed by atoms with E-state index in [1.165, 1.54) is 16.3 Å². The van der Waals surface area contributed by atoms with Gasteiger partial charge in [0.2, 0.25) is 0 Å². The molecule has 2 atom stereocenters. The van der Waals surface area contributed by atoms with E-state index in [-0.39, 0.29) is 29.2 Å². The molecule has 0 saturated carbocycles. The molecule has 9 heteroatoms. The van der Waals surface area contributed by atoms with Crippen LogP contribution in [0.25, 0.3) is 6.08 Å². The predicted molar refractivity (Wildman–Crippen MR) is 128 cm³/mol. The number of aromatic nitrogens is 1. The van der Waals surface area contributed by atoms with Crippen LogP contribution in [0.1, 0.15) is 44.4 Å². The summed E-state index contributed by atoms with van der Waals surface area (Å²) in [5.41, 5.74) is 1.02. The van der Waals surface area contributed by atoms with Gasteiger partial charge in [-0.25, -0.2) is 0 Å². The van der Waals surface area contributed by atoms with Gasteiger partial charge in [-0.2, -0.15) is 5.26 Å². The fraction of sp³-hybridized carbons (Fsp3) is 0.545. The largest absolute Gasteiger partial charge is 0.372 e. The standard InChI is InChI=1S/C22H28N4O3S2/c1-12(2)9-26-21(28)18(31-22(26)30)7-16-15(5)17(8-23)20(27)24(6)19(16)25-10-13(3)29-14(4)11-25/h7,12-14H,9-11H2,1-6H3/b18-7+/t13-,14-/m0/s1. The smallest absolute Gasteiger partial charge is 0.270 e. The van der Waals surface area contributed by atoms with Crippen LogP contribution in [0.3, 0.4) is 0 Å². The number of hydrogen-bond donors (Lipinski definition) is 0. The molecular weight excluding hydrogens is 432 g/mol. The third kappa shape index (κ3) is 4.56. The van der Waals surface area contributed by atoms with Gasteiger partial charge < -0.3 is 9.64 Å². The summed E-state index contributed by atoms with van der Waals surface area (Å²) in [6.07, 6.45) is 1.77. The Morgan fingerprint density at radius 3 is 2.45 bits per heavy atom. The van der Waals surface area contributed by atoms with Crippen LogP contribution in [0.15, 0.2) is 9.70 Å². The SMILES string of the molecule is Cc1c(/C=C2/SC(=S)N(CC(C)C)C2=O)c(N2C[C@H](C)O[C@@H](C)C2)n(C)c(=O)c1C#N. The second-order valence-corrected chi connectivity index (χ2v) is 10.2. The van der Waals surface area contributed by atoms with Crippen molar-refractivity contribution >= 4 is 46.1 Å². The molecule has 0 bridgehead atoms. The van der Waals surface area contributed by atoms with E-state index in [1.54, 1.807) is 24.9 Å². The topological polar surface area (TPSA) is 78.6 Å². The Balaban J connectivity index is 2.18. The molecule has 7 nitrogen and oxygen atoms in total. The van der Waals surface area contributed by atoms with Crippen LogP contribution < -0.4 is 10.5 Å². The number of nitrogens with zero attached hydrogens (tertiary/aromatic N) is 4. The third-order valence-electron chi connectivity index (χ3n) is 5.38. The number of ether oxygens (including phenoxy) is 1. The molecule has 2 aliphatic rings. The maximum absolute atomic E-state index is 13.0. The number of morpholine rings is 1. The lowest BCUT2D eigenvalue weighted by atomic mass is 10.0. The molecule has 31 heavy (non-hydrogen) atoms. The van der Waals surface area contributed by atoms with E-state index in [9.17, 15) is 14.9 Å². The number of nitriles is 1. The summed E-state index contributed by atoms with van der Waals surface area (Å²) in [7, 11) is 1.67. The first-order chi connectivity index (χ1) is 14.5. The Morgan fingerprint density at radius 1 is 1.29 bits per heavy atom. The number of amides is 1. The number of carbonyl (C=O) groups excluding carboxylic acids is 1. The van der Waals surface area contributed by atoms with E-state index in [0.717, 1.165) is 0 Å². The van der Waals surface area contributed by atoms with Crippen molar-refractivity contribution in [2.45, 2.75) is 46.8 Å². The average Bonchev–Trinajstić information content (AvgIpc) is 2.93. The second kappa shape index (κ2) is 9.15. The van der Waals surface area contributed by atoms with Crippen molar-refractivity contribution in [1.82, 2.24) is 9.47 Å². The molecule has 0 spiro atoms. The van der Waals surface area contributed by atoms with Crippen molar-refractivity contribution in [3.63, 3.8) is 0 Å². The van der Waals surface area contributed by atoms with Gasteiger partial charge in [-0.3, -0.25) is 19.1 Å². The summed E-state index contributed by atoms with van der Waals surface area (Å²) in [4.78, 5) is 30.2. The van der Waals surface area contributed by atoms with E-state index in [1.807, 2.05) is 33.8 Å². The molecule has 0 radical (unpaired) electrons. The number of thioether (sulfide) groups is 1. The summed E-state index contributed by atoms with van der Waals surface area (Å²) in [5.74, 6) is 0.848. The van der Waals surface area contributed by atoms with Gasteiger partial charge in [0.25, 0.3) is 11.5 Å². The van der Waals surface area contributed by atoms with Gasteiger partial charge in [-0.15, -0.1) is 0 Å². The van der Waals surface area contributed by atoms with Crippen molar-refractivity contribution in [1.29, 1.82) is 5.26 Å². The summed E-state index contributed by atoms with van der Waals surface area (Å²) in [5, 5.41) is 9.61. The predicted octanol–water partition coefficient (Wildman–Crippen LogP) is 3.04. The Bertz CT molecular complexity index is 1040. The number of carbonyl (C=O) groups is 1. The van der Waals surface area contributed by atoms with E-state index in [0.29, 0.717) is 51.7 Å². The van der Waals surface area contributed by atoms with E-state index < -0.39 is 0 Å². The van der Waals surface area contributed by atoms with Gasteiger partial charge in [-0.05, 0) is 38.3 Å². The second-order valence-electron chi connectivity index (χ2n) is 8.56. The molecule has 2 aliphatic heterocycles. The van der Waals surface area contributed by atoms with E-state index in [4.69, 9.17) is 17.0 Å². The van der Waals surface area contributed by atoms with Gasteiger partial charge in [0.15, 0.2) is 0 Å². The third-order valence-corrected chi connectivity index (χ3v) is 6.76. The van der Waals surface area contributed by atoms with Crippen molar-refractivity contribution in [3.05, 3.63) is 31.9 Å². The maximum atomic E-state index is 13.0. The van der Waals surface area contributed by atoms with Crippen LogP contribution in [0, 0.1) is 24.2 Å². The zero-order valence-corrected chi connectivity index (χ0v) is 20.4. The number of rotatable bonds is 4. The molecule has 1 aromatic rings. The molecule has 0 aromatic carbocycles. The summed E-state index contributed by atoms with van der Waals surface area (Å²) < 4.78 is 7.90. The molecule has 0 aliphatic carbocycles. The highest BCUT2D eigenvalue weighted by molar-refractivity contribution is 8.26. The van der Waals surface area contributed by atoms with Gasteiger partial charge in [-0.1, -0.05) is 37.8 Å². The highest BCUT2D eigenvalue weighted by atomic mass is 32.2. The van der Waals surface area contributed by atoms with Crippen molar-refractivity contribution in [3.8, 4) is 6.07 Å². The van der Waals surface area contributed by atoms with Gasteiger partial charge in [0.1, 0.15) is 21.8 Å². The normalized spacial score (nSPS) is 23.2. The van der Waals surface area contributed by atoms with Crippen LogP contribution in [-0.2, 0) is 16.6 Å². The lowest BCUT2D eigenvalue weighted by Crippen LogP contribution is -2.47. The Morgan fingerprint density at radius 2 is 1.90 bits per heavy atom. The molecule has 166 valence electrons. The first kappa shape index (κ1) is 23.5. The Kier molecular flexibility index (Phi) is 6.94. The van der Waals surface area contributed by atoms with Crippen molar-refractivity contribution < 1.29 is 9.53 Å². The van der Waals surface area contributed by atoms with Crippen LogP contribution in [0.2, 0.25) is 0 Å². The van der Waals surface area contributed by atoms with E-state index in [2.05, 4.69) is 4.90 Å². The van der Waals surface area contributed by atoms with Gasteiger partial charge in [0.05, 0.1) is 17.1 Å². The lowest BCUT2D eigenvalue weighted by Gasteiger charge is -2.38. The molecule has 1 aromatic heterocycles. The Labute approximate surface area is 192 Å². The molecule has 0 unspecified atom stereocenters. The molecule has 2 fully saturated rings. The first-order valence-electron chi connectivity index (χ1n) is 10.3. The average molecular weight is 461 g/mol. The minimum absolute atomic E-state index is 0.00750. The number of pyridine rings is 1. The van der Waals surface area contributed by atoms with Gasteiger partial charge in [0, 0.05) is 32.2 Å². The Hall–Kier alpha value is -2.15. The first-order valence-corrected chi connectivity index (χ1v) is 11.6. The minimum Gasteiger partial charge on any atom is -0.372 e. The monoisotopic (exact) mass is 460 g/mol. The van der Waals surface area contributed by atoms with Crippen molar-refractivity contribution in [2.24, 2.45) is 13.0 Å². The van der Waals surface area contributed by atoms with Gasteiger partial charge >= 0.3 is 0 Å². The van der Waals surface area contributed by atoms with Crippen molar-refractivity contribution in [2.75, 3.05) is 24.5 Å². The summed E-state index contributed by atoms with van der Waals surface area (Å²) in [6, 6.07) is 2.04. The zero-order chi connectivity index (χ0) is 23.0. The minimum atomic E-state index is -0.341. The molecule has 0 N–H and O–H groups in total. The van der Waals surface area contributed by atoms with Crippen LogP contribution in [0.4, 0.5) is 5.82 Å². The van der Waals surface area contributed by atoms with Crippen LogP contribution in [-0.4, -0.2) is 51.5 Å². The zero-order valence-electron chi connectivity index (χ0n) is 18.8. The number of thiocarbonyl (C=S) groups is 1. The maximum Gasteiger partial charge on any atom is 0.270 e. The number of hydrogen-bond acceptors (Lipinski definition) is 7. The molecular formula is C22H28N4O3S2. The highest BCUT2D eigenvalue weighted by Crippen LogP contribution is 2.36. The fourth-order valence-electron chi connectivity index (χ4n) is 4.10. The number of anilines is 1. The molecule has 3 heterocycles. The molecule has 1 amide bonds. The molecule has 3 rings (SSSR count). The van der Waals surface area contributed by atoms with E-state index >= 15 is 0 Å². The quantitative estimate of drug-likeness (QED) is 0.505. The summed E-state index contributed by atoms with van der Waals surface area (Å²) >= 11 is 6.70. The van der Waals surface area contributed by atoms with Crippen LogP contribution >= 0.6 is 24.0 Å². The molecule has 2 saturated heterocycles. The summed E-state index contributed by atoms with van der Waals surface area (Å²) in [6.45, 7) is 11.6. The lowest BCUT2D eigenvalue weighted by molar-refractivity contribution is -0.122. The highest BCUT2D eigenvalue weighted by Gasteiger charge is 2.34.